The van der Waals surface area contributed by atoms with Gasteiger partial charge in [0.2, 0.25) is 5.95 Å². The molecule has 1 N–H and O–H groups in total. The van der Waals surface area contributed by atoms with Crippen LogP contribution in [0.3, 0.4) is 0 Å². The van der Waals surface area contributed by atoms with Crippen LogP contribution in [0.15, 0.2) is 6.20 Å². The van der Waals surface area contributed by atoms with Crippen molar-refractivity contribution >= 4 is 5.95 Å². The fraction of sp³-hybridized carbons (Fsp3) is 0.750. The summed E-state index contributed by atoms with van der Waals surface area (Å²) in [4.78, 5) is 11.4. The standard InChI is InChI=1S/C16H27N3O2/c1-4-14-13(2)10-17-15(18-14)19-8-5-6-16(11-19,12-20)7-9-21-3/h10,20H,4-9,11-12H2,1-3H3/t16-/m0/s1. The molecule has 5 nitrogen and oxygen atoms in total. The van der Waals surface area contributed by atoms with Crippen LogP contribution in [0.4, 0.5) is 5.95 Å². The minimum absolute atomic E-state index is 0.0884. The molecule has 1 aromatic rings. The maximum atomic E-state index is 9.85. The van der Waals surface area contributed by atoms with E-state index in [2.05, 4.69) is 23.7 Å². The molecule has 1 aromatic heterocycles. The topological polar surface area (TPSA) is 58.5 Å². The van der Waals surface area contributed by atoms with Gasteiger partial charge in [-0.25, -0.2) is 9.97 Å². The molecule has 0 aliphatic carbocycles. The summed E-state index contributed by atoms with van der Waals surface area (Å²) >= 11 is 0. The van der Waals surface area contributed by atoms with Crippen LogP contribution in [-0.2, 0) is 11.2 Å². The second-order valence-electron chi connectivity index (χ2n) is 6.08. The number of anilines is 1. The second kappa shape index (κ2) is 7.18. The van der Waals surface area contributed by atoms with E-state index < -0.39 is 0 Å². The van der Waals surface area contributed by atoms with Crippen molar-refractivity contribution in [2.75, 3.05) is 38.3 Å². The molecule has 0 amide bonds. The first-order valence-corrected chi connectivity index (χ1v) is 7.81. The Labute approximate surface area is 127 Å². The number of rotatable bonds is 6. The lowest BCUT2D eigenvalue weighted by atomic mass is 9.78. The van der Waals surface area contributed by atoms with E-state index in [4.69, 9.17) is 9.72 Å². The number of methoxy groups -OCH3 is 1. The molecular weight excluding hydrogens is 266 g/mol. The fourth-order valence-corrected chi connectivity index (χ4v) is 3.09. The number of nitrogens with zero attached hydrogens (tertiary/aromatic N) is 3. The van der Waals surface area contributed by atoms with E-state index in [0.717, 1.165) is 56.0 Å². The Balaban J connectivity index is 2.16. The van der Waals surface area contributed by atoms with Gasteiger partial charge >= 0.3 is 0 Å². The van der Waals surface area contributed by atoms with Crippen LogP contribution in [0, 0.1) is 12.3 Å². The van der Waals surface area contributed by atoms with Gasteiger partial charge in [0.25, 0.3) is 0 Å². The monoisotopic (exact) mass is 293 g/mol. The highest BCUT2D eigenvalue weighted by atomic mass is 16.5. The number of ether oxygens (including phenoxy) is 1. The third-order valence-corrected chi connectivity index (χ3v) is 4.51. The van der Waals surface area contributed by atoms with Crippen molar-refractivity contribution in [1.29, 1.82) is 0 Å². The van der Waals surface area contributed by atoms with Crippen LogP contribution in [0.1, 0.15) is 37.4 Å². The Bertz CT molecular complexity index is 467. The molecule has 21 heavy (non-hydrogen) atoms. The fourth-order valence-electron chi connectivity index (χ4n) is 3.09. The normalized spacial score (nSPS) is 22.6. The zero-order valence-corrected chi connectivity index (χ0v) is 13.4. The number of hydrogen-bond donors (Lipinski definition) is 1. The van der Waals surface area contributed by atoms with E-state index in [1.165, 1.54) is 0 Å². The summed E-state index contributed by atoms with van der Waals surface area (Å²) in [5.41, 5.74) is 2.16. The maximum absolute atomic E-state index is 9.85. The van der Waals surface area contributed by atoms with E-state index in [-0.39, 0.29) is 12.0 Å². The molecule has 0 aromatic carbocycles. The van der Waals surface area contributed by atoms with E-state index in [0.29, 0.717) is 6.61 Å². The summed E-state index contributed by atoms with van der Waals surface area (Å²) < 4.78 is 5.20. The van der Waals surface area contributed by atoms with Gasteiger partial charge in [-0.1, -0.05) is 6.92 Å². The molecule has 2 rings (SSSR count). The van der Waals surface area contributed by atoms with Crippen molar-refractivity contribution in [3.05, 3.63) is 17.5 Å². The van der Waals surface area contributed by atoms with Gasteiger partial charge in [-0.3, -0.25) is 0 Å². The first-order valence-electron chi connectivity index (χ1n) is 7.81. The molecule has 0 bridgehead atoms. The molecule has 2 heterocycles. The Morgan fingerprint density at radius 2 is 2.29 bits per heavy atom. The molecular formula is C16H27N3O2. The molecule has 0 unspecified atom stereocenters. The highest BCUT2D eigenvalue weighted by Gasteiger charge is 2.35. The summed E-state index contributed by atoms with van der Waals surface area (Å²) in [5.74, 6) is 0.799. The zero-order valence-electron chi connectivity index (χ0n) is 13.4. The predicted octanol–water partition coefficient (Wildman–Crippen LogP) is 1.96. The molecule has 1 aliphatic rings. The number of piperidine rings is 1. The predicted molar refractivity (Wildman–Crippen MR) is 83.6 cm³/mol. The minimum Gasteiger partial charge on any atom is -0.396 e. The van der Waals surface area contributed by atoms with Crippen LogP contribution in [0.5, 0.6) is 0 Å². The van der Waals surface area contributed by atoms with Crippen LogP contribution in [0.2, 0.25) is 0 Å². The van der Waals surface area contributed by atoms with Gasteiger partial charge in [0.05, 0.1) is 6.61 Å². The Hall–Kier alpha value is -1.20. The third kappa shape index (κ3) is 3.71. The minimum atomic E-state index is -0.0884. The van der Waals surface area contributed by atoms with Gasteiger partial charge in [0.15, 0.2) is 0 Å². The van der Waals surface area contributed by atoms with E-state index in [9.17, 15) is 5.11 Å². The summed E-state index contributed by atoms with van der Waals surface area (Å²) in [6.07, 6.45) is 5.80. The van der Waals surface area contributed by atoms with Crippen molar-refractivity contribution in [2.45, 2.75) is 39.5 Å². The van der Waals surface area contributed by atoms with Gasteiger partial charge in [-0.15, -0.1) is 0 Å². The lowest BCUT2D eigenvalue weighted by Gasteiger charge is -2.42. The smallest absolute Gasteiger partial charge is 0.225 e. The average Bonchev–Trinajstić information content (AvgIpc) is 2.53. The van der Waals surface area contributed by atoms with Crippen LogP contribution in [0.25, 0.3) is 0 Å². The average molecular weight is 293 g/mol. The van der Waals surface area contributed by atoms with Crippen molar-refractivity contribution in [1.82, 2.24) is 9.97 Å². The van der Waals surface area contributed by atoms with Crippen molar-refractivity contribution in [3.8, 4) is 0 Å². The van der Waals surface area contributed by atoms with Gasteiger partial charge < -0.3 is 14.7 Å². The van der Waals surface area contributed by atoms with Gasteiger partial charge in [-0.2, -0.15) is 0 Å². The molecule has 0 spiro atoms. The van der Waals surface area contributed by atoms with Crippen LogP contribution < -0.4 is 4.90 Å². The summed E-state index contributed by atoms with van der Waals surface area (Å²) in [6, 6.07) is 0. The maximum Gasteiger partial charge on any atom is 0.225 e. The number of aromatic nitrogens is 2. The van der Waals surface area contributed by atoms with E-state index in [1.807, 2.05) is 6.20 Å². The van der Waals surface area contributed by atoms with Gasteiger partial charge in [0.1, 0.15) is 0 Å². The van der Waals surface area contributed by atoms with Gasteiger partial charge in [-0.05, 0) is 38.2 Å². The molecule has 1 saturated heterocycles. The second-order valence-corrected chi connectivity index (χ2v) is 6.08. The number of aliphatic hydroxyl groups is 1. The zero-order chi connectivity index (χ0) is 15.3. The SMILES string of the molecule is CCc1nc(N2CCC[C@](CO)(CCOC)C2)ncc1C. The largest absolute Gasteiger partial charge is 0.396 e. The molecule has 5 heteroatoms. The lowest BCUT2D eigenvalue weighted by molar-refractivity contribution is 0.0622. The molecule has 118 valence electrons. The van der Waals surface area contributed by atoms with Crippen molar-refractivity contribution in [3.63, 3.8) is 0 Å². The third-order valence-electron chi connectivity index (χ3n) is 4.51. The van der Waals surface area contributed by atoms with E-state index in [1.54, 1.807) is 7.11 Å². The number of aryl methyl sites for hydroxylation is 2. The van der Waals surface area contributed by atoms with Crippen LogP contribution >= 0.6 is 0 Å². The quantitative estimate of drug-likeness (QED) is 0.869. The molecule has 0 saturated carbocycles. The Morgan fingerprint density at radius 1 is 1.48 bits per heavy atom. The summed E-state index contributed by atoms with van der Waals surface area (Å²) in [7, 11) is 1.71. The van der Waals surface area contributed by atoms with Gasteiger partial charge in [0, 0.05) is 44.1 Å². The van der Waals surface area contributed by atoms with E-state index >= 15 is 0 Å². The first-order chi connectivity index (χ1) is 10.1. The van der Waals surface area contributed by atoms with Crippen molar-refractivity contribution < 1.29 is 9.84 Å². The number of aliphatic hydroxyl groups excluding tert-OH is 1. The highest BCUT2D eigenvalue weighted by Crippen LogP contribution is 2.34. The molecule has 1 fully saturated rings. The summed E-state index contributed by atoms with van der Waals surface area (Å²) in [6.45, 7) is 6.81. The Kier molecular flexibility index (Phi) is 5.53. The highest BCUT2D eigenvalue weighted by molar-refractivity contribution is 5.34. The van der Waals surface area contributed by atoms with Crippen molar-refractivity contribution in [2.24, 2.45) is 5.41 Å². The Morgan fingerprint density at radius 3 is 2.95 bits per heavy atom. The lowest BCUT2D eigenvalue weighted by Crippen LogP contribution is -2.46. The first kappa shape index (κ1) is 16.2. The molecule has 1 atom stereocenters. The molecule has 1 aliphatic heterocycles. The number of hydrogen-bond acceptors (Lipinski definition) is 5. The van der Waals surface area contributed by atoms with Crippen LogP contribution in [-0.4, -0.2) is 48.5 Å². The molecule has 0 radical (unpaired) electrons. The summed E-state index contributed by atoms with van der Waals surface area (Å²) in [5, 5.41) is 9.85.